The molecule has 0 bridgehead atoms. The summed E-state index contributed by atoms with van der Waals surface area (Å²) in [5, 5.41) is 10.8. The van der Waals surface area contributed by atoms with Gasteiger partial charge in [0.1, 0.15) is 0 Å². The van der Waals surface area contributed by atoms with Crippen LogP contribution >= 0.6 is 27.5 Å². The van der Waals surface area contributed by atoms with Gasteiger partial charge in [0.25, 0.3) is 11.8 Å². The summed E-state index contributed by atoms with van der Waals surface area (Å²) in [6.07, 6.45) is 0.758. The van der Waals surface area contributed by atoms with Crippen LogP contribution in [0.5, 0.6) is 0 Å². The summed E-state index contributed by atoms with van der Waals surface area (Å²) < 4.78 is 23.4. The molecule has 0 heterocycles. The zero-order chi connectivity index (χ0) is 20.2. The third kappa shape index (κ3) is 5.52. The predicted octanol–water partition coefficient (Wildman–Crippen LogP) is 3.14. The van der Waals surface area contributed by atoms with Gasteiger partial charge >= 0.3 is 0 Å². The van der Waals surface area contributed by atoms with Crippen LogP contribution in [0.3, 0.4) is 0 Å². The maximum atomic E-state index is 12.7. The molecule has 2 aromatic carbocycles. The van der Waals surface area contributed by atoms with E-state index in [1.165, 1.54) is 30.3 Å². The van der Waals surface area contributed by atoms with Gasteiger partial charge in [0.15, 0.2) is 0 Å². The van der Waals surface area contributed by atoms with Gasteiger partial charge in [-0.3, -0.25) is 9.59 Å². The number of hydrogen-bond donors (Lipinski definition) is 3. The first-order valence-electron chi connectivity index (χ1n) is 7.85. The molecule has 0 spiro atoms. The number of benzene rings is 2. The first-order chi connectivity index (χ1) is 12.6. The van der Waals surface area contributed by atoms with E-state index in [9.17, 15) is 18.0 Å². The number of carbonyl (C=O) groups is 2. The van der Waals surface area contributed by atoms with E-state index in [0.717, 1.165) is 12.5 Å². The lowest BCUT2D eigenvalue weighted by Crippen LogP contribution is -2.26. The van der Waals surface area contributed by atoms with Crippen LogP contribution in [0.4, 0.5) is 5.69 Å². The number of primary sulfonamides is 1. The molecule has 27 heavy (non-hydrogen) atoms. The van der Waals surface area contributed by atoms with Crippen molar-refractivity contribution in [3.63, 3.8) is 0 Å². The van der Waals surface area contributed by atoms with E-state index in [1.807, 2.05) is 6.92 Å². The number of nitrogens with two attached hydrogens (primary N) is 1. The van der Waals surface area contributed by atoms with E-state index >= 15 is 0 Å². The van der Waals surface area contributed by atoms with E-state index < -0.39 is 15.9 Å². The number of carbonyl (C=O) groups excluding carboxylic acids is 2. The minimum Gasteiger partial charge on any atom is -0.352 e. The summed E-state index contributed by atoms with van der Waals surface area (Å²) in [6.45, 7) is 2.40. The number of nitrogens with one attached hydrogen (secondary N) is 2. The molecule has 0 aliphatic rings. The topological polar surface area (TPSA) is 118 Å². The van der Waals surface area contributed by atoms with E-state index in [1.54, 1.807) is 0 Å². The molecule has 4 N–H and O–H groups in total. The second kappa shape index (κ2) is 8.83. The fourth-order valence-corrected chi connectivity index (χ4v) is 3.34. The average molecular weight is 475 g/mol. The molecule has 144 valence electrons. The highest BCUT2D eigenvalue weighted by Gasteiger charge is 2.18. The van der Waals surface area contributed by atoms with E-state index in [2.05, 4.69) is 26.6 Å². The van der Waals surface area contributed by atoms with Gasteiger partial charge in [-0.05, 0) is 58.7 Å². The smallest absolute Gasteiger partial charge is 0.256 e. The molecule has 2 amide bonds. The zero-order valence-electron chi connectivity index (χ0n) is 14.3. The second-order valence-corrected chi connectivity index (χ2v) is 8.44. The van der Waals surface area contributed by atoms with Gasteiger partial charge < -0.3 is 10.6 Å². The van der Waals surface area contributed by atoms with Crippen LogP contribution in [-0.4, -0.2) is 26.8 Å². The maximum Gasteiger partial charge on any atom is 0.256 e. The Balaban J connectivity index is 2.38. The minimum atomic E-state index is -3.97. The summed E-state index contributed by atoms with van der Waals surface area (Å²) in [5.74, 6) is -0.986. The second-order valence-electron chi connectivity index (χ2n) is 5.59. The molecule has 0 saturated heterocycles. The van der Waals surface area contributed by atoms with Crippen molar-refractivity contribution in [2.75, 3.05) is 11.9 Å². The van der Waals surface area contributed by atoms with Crippen molar-refractivity contribution >= 4 is 55.1 Å². The largest absolute Gasteiger partial charge is 0.352 e. The molecule has 0 aliphatic carbocycles. The molecule has 0 fully saturated rings. The molecule has 10 heteroatoms. The lowest BCUT2D eigenvalue weighted by molar-refractivity contribution is 0.0954. The van der Waals surface area contributed by atoms with Gasteiger partial charge in [-0.1, -0.05) is 18.5 Å². The predicted molar refractivity (Wildman–Crippen MR) is 108 cm³/mol. The third-order valence-electron chi connectivity index (χ3n) is 3.52. The van der Waals surface area contributed by atoms with Gasteiger partial charge in [0, 0.05) is 16.0 Å². The molecular weight excluding hydrogens is 458 g/mol. The Morgan fingerprint density at radius 2 is 1.81 bits per heavy atom. The fourth-order valence-electron chi connectivity index (χ4n) is 2.20. The molecule has 0 unspecified atom stereocenters. The summed E-state index contributed by atoms with van der Waals surface area (Å²) in [5.41, 5.74) is 0.482. The lowest BCUT2D eigenvalue weighted by atomic mass is 10.1. The minimum absolute atomic E-state index is 0.0430. The monoisotopic (exact) mass is 473 g/mol. The Bertz CT molecular complexity index is 996. The highest BCUT2D eigenvalue weighted by Crippen LogP contribution is 2.25. The van der Waals surface area contributed by atoms with Gasteiger partial charge in [0.05, 0.1) is 21.7 Å². The molecule has 2 rings (SSSR count). The van der Waals surface area contributed by atoms with Crippen molar-refractivity contribution < 1.29 is 18.0 Å². The average Bonchev–Trinajstić information content (AvgIpc) is 2.59. The Labute approximate surface area is 170 Å². The first kappa shape index (κ1) is 21.4. The Morgan fingerprint density at radius 1 is 1.11 bits per heavy atom. The number of halogens is 2. The normalized spacial score (nSPS) is 11.1. The number of amides is 2. The van der Waals surface area contributed by atoms with E-state index in [4.69, 9.17) is 16.7 Å². The van der Waals surface area contributed by atoms with Crippen LogP contribution in [-0.2, 0) is 10.0 Å². The quantitative estimate of drug-likeness (QED) is 0.596. The van der Waals surface area contributed by atoms with Crippen molar-refractivity contribution in [3.8, 4) is 0 Å². The van der Waals surface area contributed by atoms with Crippen molar-refractivity contribution in [2.24, 2.45) is 5.14 Å². The highest BCUT2D eigenvalue weighted by atomic mass is 79.9. The maximum absolute atomic E-state index is 12.7. The number of hydrogen-bond acceptors (Lipinski definition) is 4. The standard InChI is InChI=1S/C17H17BrClN3O4S/c1-2-7-21-16(23)12-5-3-10(19)8-15(12)22-17(24)13-9-11(27(20,25)26)4-6-14(13)18/h3-6,8-9H,2,7H2,1H3,(H,21,23)(H,22,24)(H2,20,25,26). The molecule has 0 saturated carbocycles. The first-order valence-corrected chi connectivity index (χ1v) is 10.6. The van der Waals surface area contributed by atoms with Crippen LogP contribution in [0.15, 0.2) is 45.8 Å². The SMILES string of the molecule is CCCNC(=O)c1ccc(Cl)cc1NC(=O)c1cc(S(N)(=O)=O)ccc1Br. The summed E-state index contributed by atoms with van der Waals surface area (Å²) in [4.78, 5) is 24.8. The highest BCUT2D eigenvalue weighted by molar-refractivity contribution is 9.10. The van der Waals surface area contributed by atoms with Crippen molar-refractivity contribution in [1.29, 1.82) is 0 Å². The molecular formula is C17H17BrClN3O4S. The van der Waals surface area contributed by atoms with Gasteiger partial charge in [0.2, 0.25) is 10.0 Å². The van der Waals surface area contributed by atoms with Crippen molar-refractivity contribution in [2.45, 2.75) is 18.2 Å². The summed E-state index contributed by atoms with van der Waals surface area (Å²) in [7, 11) is -3.97. The summed E-state index contributed by atoms with van der Waals surface area (Å²) in [6, 6.07) is 8.31. The van der Waals surface area contributed by atoms with Gasteiger partial charge in [-0.25, -0.2) is 13.6 Å². The van der Waals surface area contributed by atoms with E-state index in [-0.39, 0.29) is 27.6 Å². The molecule has 0 aromatic heterocycles. The number of rotatable bonds is 6. The lowest BCUT2D eigenvalue weighted by Gasteiger charge is -2.13. The zero-order valence-corrected chi connectivity index (χ0v) is 17.4. The third-order valence-corrected chi connectivity index (χ3v) is 5.36. The number of sulfonamides is 1. The van der Waals surface area contributed by atoms with Crippen LogP contribution < -0.4 is 15.8 Å². The van der Waals surface area contributed by atoms with Crippen LogP contribution in [0.2, 0.25) is 5.02 Å². The van der Waals surface area contributed by atoms with E-state index in [0.29, 0.717) is 16.0 Å². The molecule has 7 nitrogen and oxygen atoms in total. The summed E-state index contributed by atoms with van der Waals surface area (Å²) >= 11 is 9.19. The van der Waals surface area contributed by atoms with Crippen LogP contribution in [0.1, 0.15) is 34.1 Å². The Kier molecular flexibility index (Phi) is 6.99. The number of anilines is 1. The molecule has 0 radical (unpaired) electrons. The van der Waals surface area contributed by atoms with Crippen molar-refractivity contribution in [1.82, 2.24) is 5.32 Å². The van der Waals surface area contributed by atoms with Gasteiger partial charge in [-0.15, -0.1) is 0 Å². The molecule has 2 aromatic rings. The van der Waals surface area contributed by atoms with Crippen LogP contribution in [0, 0.1) is 0 Å². The fraction of sp³-hybridized carbons (Fsp3) is 0.176. The molecule has 0 aliphatic heterocycles. The Morgan fingerprint density at radius 3 is 2.44 bits per heavy atom. The van der Waals surface area contributed by atoms with Gasteiger partial charge in [-0.2, -0.15) is 0 Å². The Hall–Kier alpha value is -1.94. The van der Waals surface area contributed by atoms with Crippen molar-refractivity contribution in [3.05, 3.63) is 57.0 Å². The van der Waals surface area contributed by atoms with Crippen LogP contribution in [0.25, 0.3) is 0 Å². The molecule has 0 atom stereocenters.